The van der Waals surface area contributed by atoms with Crippen LogP contribution in [0.25, 0.3) is 12.2 Å². The Morgan fingerprint density at radius 3 is 2.41 bits per heavy atom. The zero-order valence-electron chi connectivity index (χ0n) is 17.1. The van der Waals surface area contributed by atoms with Crippen LogP contribution < -0.4 is 18.9 Å². The van der Waals surface area contributed by atoms with E-state index in [1.807, 2.05) is 6.07 Å². The Morgan fingerprint density at radius 1 is 0.828 bits per heavy atom. The molecule has 0 bridgehead atoms. The van der Waals surface area contributed by atoms with Gasteiger partial charge in [0.15, 0.2) is 0 Å². The fourth-order valence-corrected chi connectivity index (χ4v) is 4.65. The van der Waals surface area contributed by atoms with E-state index in [1.54, 1.807) is 0 Å². The lowest BCUT2D eigenvalue weighted by Crippen LogP contribution is -2.28. The van der Waals surface area contributed by atoms with Crippen LogP contribution in [0.3, 0.4) is 0 Å². The predicted molar refractivity (Wildman–Crippen MR) is 112 cm³/mol. The topological polar surface area (TPSA) is 36.9 Å². The highest BCUT2D eigenvalue weighted by atomic mass is 16.5. The summed E-state index contributed by atoms with van der Waals surface area (Å²) in [6.07, 6.45) is 8.38. The molecule has 0 radical (unpaired) electrons. The molecule has 4 nitrogen and oxygen atoms in total. The highest BCUT2D eigenvalue weighted by Crippen LogP contribution is 2.55. The number of rotatable bonds is 0. The number of benzene rings is 2. The average molecular weight is 388 g/mol. The van der Waals surface area contributed by atoms with Crippen LogP contribution in [-0.4, -0.2) is 17.8 Å². The molecular weight excluding hydrogens is 364 g/mol. The molecule has 29 heavy (non-hydrogen) atoms. The van der Waals surface area contributed by atoms with Crippen LogP contribution in [0.5, 0.6) is 23.0 Å². The molecular formula is C25H24O4. The molecule has 2 aromatic rings. The summed E-state index contributed by atoms with van der Waals surface area (Å²) in [6, 6.07) is 8.36. The van der Waals surface area contributed by atoms with Crippen molar-refractivity contribution in [2.75, 3.05) is 6.61 Å². The van der Waals surface area contributed by atoms with Crippen LogP contribution in [0.4, 0.5) is 0 Å². The van der Waals surface area contributed by atoms with E-state index in [1.165, 1.54) is 5.56 Å². The molecule has 2 atom stereocenters. The van der Waals surface area contributed by atoms with Crippen LogP contribution in [0, 0.1) is 0 Å². The average Bonchev–Trinajstić information content (AvgIpc) is 3.04. The molecule has 4 aliphatic heterocycles. The van der Waals surface area contributed by atoms with Crippen LogP contribution in [0.2, 0.25) is 0 Å². The molecule has 4 heteroatoms. The maximum atomic E-state index is 6.56. The van der Waals surface area contributed by atoms with E-state index in [-0.39, 0.29) is 23.2 Å². The Hall–Kier alpha value is -2.88. The van der Waals surface area contributed by atoms with Crippen molar-refractivity contribution in [3.8, 4) is 23.0 Å². The first-order valence-corrected chi connectivity index (χ1v) is 10.2. The lowest BCUT2D eigenvalue weighted by Gasteiger charge is -2.32. The number of fused-ring (bicyclic) bond motifs is 8. The summed E-state index contributed by atoms with van der Waals surface area (Å²) >= 11 is 0. The standard InChI is InChI=1S/C25H24O4/c1-24(2)9-7-14-11-17-21(12-20(14)29-24)26-13-18-15-5-6-19-16(22(15)27-23(17)18)8-10-25(3,4)28-19/h5-12,18,23H,13H2,1-4H3/t18-,23-/m1/s1. The molecule has 0 N–H and O–H groups in total. The Balaban J connectivity index is 1.42. The minimum absolute atomic E-state index is 0.0581. The lowest BCUT2D eigenvalue weighted by atomic mass is 9.87. The minimum atomic E-state index is -0.308. The van der Waals surface area contributed by atoms with E-state index >= 15 is 0 Å². The van der Waals surface area contributed by atoms with Crippen molar-refractivity contribution in [2.45, 2.75) is 50.9 Å². The second-order valence-electron chi connectivity index (χ2n) is 9.36. The third-order valence-corrected chi connectivity index (χ3v) is 6.13. The Morgan fingerprint density at radius 2 is 1.59 bits per heavy atom. The Labute approximate surface area is 170 Å². The van der Waals surface area contributed by atoms with E-state index in [0.29, 0.717) is 6.61 Å². The summed E-state index contributed by atoms with van der Waals surface area (Å²) in [5, 5.41) is 0. The van der Waals surface area contributed by atoms with Crippen LogP contribution in [0.1, 0.15) is 62.0 Å². The van der Waals surface area contributed by atoms with Crippen LogP contribution in [0.15, 0.2) is 36.4 Å². The second kappa shape index (κ2) is 5.38. The van der Waals surface area contributed by atoms with Gasteiger partial charge in [-0.3, -0.25) is 0 Å². The van der Waals surface area contributed by atoms with E-state index in [9.17, 15) is 0 Å². The van der Waals surface area contributed by atoms with Crippen molar-refractivity contribution < 1.29 is 18.9 Å². The smallest absolute Gasteiger partial charge is 0.138 e. The van der Waals surface area contributed by atoms with E-state index in [2.05, 4.69) is 70.2 Å². The van der Waals surface area contributed by atoms with Crippen LogP contribution >= 0.6 is 0 Å². The van der Waals surface area contributed by atoms with Crippen molar-refractivity contribution in [3.63, 3.8) is 0 Å². The molecule has 4 heterocycles. The van der Waals surface area contributed by atoms with E-state index < -0.39 is 0 Å². The fraction of sp³-hybridized carbons (Fsp3) is 0.360. The Bertz CT molecular complexity index is 1110. The van der Waals surface area contributed by atoms with E-state index in [0.717, 1.165) is 39.7 Å². The summed E-state index contributed by atoms with van der Waals surface area (Å²) in [5.74, 6) is 3.69. The van der Waals surface area contributed by atoms with Gasteiger partial charge in [0.2, 0.25) is 0 Å². The number of ether oxygens (including phenoxy) is 4. The summed E-state index contributed by atoms with van der Waals surface area (Å²) in [7, 11) is 0. The molecule has 4 aliphatic rings. The van der Waals surface area contributed by atoms with Gasteiger partial charge in [0.05, 0.1) is 18.1 Å². The molecule has 0 aromatic heterocycles. The molecule has 0 amide bonds. The fourth-order valence-electron chi connectivity index (χ4n) is 4.65. The molecule has 0 spiro atoms. The monoisotopic (exact) mass is 388 g/mol. The van der Waals surface area contributed by atoms with Gasteiger partial charge in [0.1, 0.15) is 40.3 Å². The van der Waals surface area contributed by atoms with Crippen molar-refractivity contribution in [1.82, 2.24) is 0 Å². The van der Waals surface area contributed by atoms with Gasteiger partial charge in [-0.25, -0.2) is 0 Å². The molecule has 0 aliphatic carbocycles. The summed E-state index contributed by atoms with van der Waals surface area (Å²) in [6.45, 7) is 8.82. The second-order valence-corrected chi connectivity index (χ2v) is 9.36. The first-order chi connectivity index (χ1) is 13.8. The van der Waals surface area contributed by atoms with Gasteiger partial charge in [0, 0.05) is 22.8 Å². The van der Waals surface area contributed by atoms with Gasteiger partial charge >= 0.3 is 0 Å². The molecule has 0 unspecified atom stereocenters. The van der Waals surface area contributed by atoms with Gasteiger partial charge in [-0.2, -0.15) is 0 Å². The van der Waals surface area contributed by atoms with Gasteiger partial charge in [-0.15, -0.1) is 0 Å². The number of hydrogen-bond donors (Lipinski definition) is 0. The Kier molecular flexibility index (Phi) is 3.16. The molecule has 6 rings (SSSR count). The molecule has 0 fully saturated rings. The summed E-state index contributed by atoms with van der Waals surface area (Å²) in [5.41, 5.74) is 3.76. The zero-order chi connectivity index (χ0) is 20.0. The third-order valence-electron chi connectivity index (χ3n) is 6.13. The maximum Gasteiger partial charge on any atom is 0.138 e. The number of hydrogen-bond acceptors (Lipinski definition) is 4. The zero-order valence-corrected chi connectivity index (χ0v) is 17.1. The molecule has 2 aromatic carbocycles. The minimum Gasteiger partial charge on any atom is -0.492 e. The first kappa shape index (κ1) is 17.0. The highest BCUT2D eigenvalue weighted by molar-refractivity contribution is 5.72. The van der Waals surface area contributed by atoms with Gasteiger partial charge in [-0.05, 0) is 58.1 Å². The summed E-state index contributed by atoms with van der Waals surface area (Å²) < 4.78 is 25.0. The van der Waals surface area contributed by atoms with Gasteiger partial charge in [0.25, 0.3) is 0 Å². The molecule has 0 saturated heterocycles. The lowest BCUT2D eigenvalue weighted by molar-refractivity contribution is 0.133. The first-order valence-electron chi connectivity index (χ1n) is 10.2. The largest absolute Gasteiger partial charge is 0.492 e. The van der Waals surface area contributed by atoms with E-state index in [4.69, 9.17) is 18.9 Å². The van der Waals surface area contributed by atoms with Crippen molar-refractivity contribution in [2.24, 2.45) is 0 Å². The van der Waals surface area contributed by atoms with Gasteiger partial charge in [-0.1, -0.05) is 12.1 Å². The predicted octanol–water partition coefficient (Wildman–Crippen LogP) is 5.66. The van der Waals surface area contributed by atoms with Crippen LogP contribution in [-0.2, 0) is 0 Å². The highest BCUT2D eigenvalue weighted by Gasteiger charge is 2.43. The molecule has 0 saturated carbocycles. The maximum absolute atomic E-state index is 6.56. The quantitative estimate of drug-likeness (QED) is 0.583. The SMILES string of the molecule is CC1(C)C=Cc2cc3c(cc2O1)OC[C@@H]1c2ccc4c(c2O[C@H]31)C=CC(C)(C)O4. The van der Waals surface area contributed by atoms with Crippen molar-refractivity contribution in [3.05, 3.63) is 58.7 Å². The van der Waals surface area contributed by atoms with Crippen molar-refractivity contribution in [1.29, 1.82) is 0 Å². The third kappa shape index (κ3) is 2.51. The van der Waals surface area contributed by atoms with Crippen molar-refractivity contribution >= 4 is 12.2 Å². The summed E-state index contributed by atoms with van der Waals surface area (Å²) in [4.78, 5) is 0. The van der Waals surface area contributed by atoms with Gasteiger partial charge < -0.3 is 18.9 Å². The molecule has 148 valence electrons. The normalized spacial score (nSPS) is 25.8.